The summed E-state index contributed by atoms with van der Waals surface area (Å²) in [7, 11) is 3.33. The zero-order chi connectivity index (χ0) is 17.6. The van der Waals surface area contributed by atoms with E-state index in [1.807, 2.05) is 6.07 Å². The van der Waals surface area contributed by atoms with Gasteiger partial charge in [0.1, 0.15) is 11.5 Å². The summed E-state index contributed by atoms with van der Waals surface area (Å²) in [5.41, 5.74) is 5.56. The Morgan fingerprint density at radius 1 is 1.25 bits per heavy atom. The molecular formula is C20H25NO3. The fourth-order valence-electron chi connectivity index (χ4n) is 4.28. The highest BCUT2D eigenvalue weighted by Crippen LogP contribution is 2.59. The molecule has 0 radical (unpaired) electrons. The Balaban J connectivity index is 2.27. The summed E-state index contributed by atoms with van der Waals surface area (Å²) in [6, 6.07) is 1.87. The van der Waals surface area contributed by atoms with Crippen molar-refractivity contribution in [2.45, 2.75) is 39.0 Å². The summed E-state index contributed by atoms with van der Waals surface area (Å²) in [4.78, 5) is 11.6. The lowest BCUT2D eigenvalue weighted by molar-refractivity contribution is -0.114. The van der Waals surface area contributed by atoms with Gasteiger partial charge in [-0.3, -0.25) is 4.79 Å². The summed E-state index contributed by atoms with van der Waals surface area (Å²) in [6.45, 7) is 9.97. The third-order valence-electron chi connectivity index (χ3n) is 5.29. The molecule has 1 aromatic carbocycles. The lowest BCUT2D eigenvalue weighted by atomic mass is 9.61. The molecule has 0 aromatic heterocycles. The second-order valence-corrected chi connectivity index (χ2v) is 6.85. The van der Waals surface area contributed by atoms with Crippen LogP contribution in [0.3, 0.4) is 0 Å². The van der Waals surface area contributed by atoms with Crippen molar-refractivity contribution in [2.24, 2.45) is 5.92 Å². The normalized spacial score (nSPS) is 24.0. The standard InChI is InChI=1S/C20H25NO3/c1-10(2)13-8-14-11(3)7-15(13)18-17(23-5)9-16(21-12(4)22)20(24-6)19(14)18/h7,9,13-15H,1,8H2,2-6H3,(H,21,22)/t13-,14+,15+/m0/s1. The van der Waals surface area contributed by atoms with Crippen LogP contribution in [0.4, 0.5) is 5.69 Å². The topological polar surface area (TPSA) is 47.6 Å². The maximum atomic E-state index is 11.6. The molecule has 1 N–H and O–H groups in total. The molecule has 0 spiro atoms. The number of nitrogens with one attached hydrogen (secondary N) is 1. The van der Waals surface area contributed by atoms with Crippen LogP contribution in [0, 0.1) is 5.92 Å². The van der Waals surface area contributed by atoms with E-state index in [1.54, 1.807) is 14.2 Å². The number of ether oxygens (including phenoxy) is 2. The lowest BCUT2D eigenvalue weighted by Gasteiger charge is -2.44. The van der Waals surface area contributed by atoms with Crippen molar-refractivity contribution in [3.05, 3.63) is 41.0 Å². The van der Waals surface area contributed by atoms with Gasteiger partial charge in [-0.15, -0.1) is 0 Å². The summed E-state index contributed by atoms with van der Waals surface area (Å²) in [5.74, 6) is 2.37. The quantitative estimate of drug-likeness (QED) is 0.835. The fourth-order valence-corrected chi connectivity index (χ4v) is 4.28. The molecule has 0 saturated carbocycles. The molecule has 4 rings (SSSR count). The maximum absolute atomic E-state index is 11.6. The first kappa shape index (κ1) is 16.6. The monoisotopic (exact) mass is 327 g/mol. The first-order valence-corrected chi connectivity index (χ1v) is 8.29. The van der Waals surface area contributed by atoms with Crippen molar-refractivity contribution in [2.75, 3.05) is 19.5 Å². The van der Waals surface area contributed by atoms with Gasteiger partial charge in [0.15, 0.2) is 0 Å². The van der Waals surface area contributed by atoms with E-state index in [4.69, 9.17) is 9.47 Å². The average molecular weight is 327 g/mol. The molecule has 0 fully saturated rings. The van der Waals surface area contributed by atoms with Gasteiger partial charge in [-0.25, -0.2) is 0 Å². The van der Waals surface area contributed by atoms with Crippen LogP contribution in [0.25, 0.3) is 0 Å². The highest BCUT2D eigenvalue weighted by Gasteiger charge is 2.43. The molecule has 4 heteroatoms. The van der Waals surface area contributed by atoms with Crippen LogP contribution in [0.1, 0.15) is 50.2 Å². The van der Waals surface area contributed by atoms with E-state index in [0.717, 1.165) is 23.5 Å². The van der Waals surface area contributed by atoms with Gasteiger partial charge >= 0.3 is 0 Å². The molecule has 1 amide bonds. The third-order valence-corrected chi connectivity index (χ3v) is 5.29. The van der Waals surface area contributed by atoms with Crippen molar-refractivity contribution >= 4 is 11.6 Å². The second kappa shape index (κ2) is 6.00. The lowest BCUT2D eigenvalue weighted by Crippen LogP contribution is -2.30. The first-order valence-electron chi connectivity index (χ1n) is 8.29. The van der Waals surface area contributed by atoms with Crippen molar-refractivity contribution in [1.82, 2.24) is 0 Å². The van der Waals surface area contributed by atoms with Crippen LogP contribution < -0.4 is 14.8 Å². The molecule has 3 aliphatic rings. The van der Waals surface area contributed by atoms with Gasteiger partial charge in [-0.2, -0.15) is 0 Å². The van der Waals surface area contributed by atoms with Gasteiger partial charge in [-0.1, -0.05) is 23.8 Å². The number of rotatable bonds is 4. The Labute approximate surface area is 143 Å². The molecular weight excluding hydrogens is 302 g/mol. The van der Waals surface area contributed by atoms with Crippen LogP contribution in [0.15, 0.2) is 29.9 Å². The summed E-state index contributed by atoms with van der Waals surface area (Å²) in [5, 5.41) is 2.88. The molecule has 3 aliphatic carbocycles. The largest absolute Gasteiger partial charge is 0.496 e. The Morgan fingerprint density at radius 2 is 1.96 bits per heavy atom. The van der Waals surface area contributed by atoms with Gasteiger partial charge in [0, 0.05) is 36.0 Å². The Kier molecular flexibility index (Phi) is 4.16. The number of hydrogen-bond donors (Lipinski definition) is 1. The number of amides is 1. The van der Waals surface area contributed by atoms with Gasteiger partial charge < -0.3 is 14.8 Å². The van der Waals surface area contributed by atoms with E-state index < -0.39 is 0 Å². The minimum Gasteiger partial charge on any atom is -0.496 e. The smallest absolute Gasteiger partial charge is 0.221 e. The highest BCUT2D eigenvalue weighted by molar-refractivity contribution is 5.92. The fraction of sp³-hybridized carbons (Fsp3) is 0.450. The molecule has 128 valence electrons. The van der Waals surface area contributed by atoms with E-state index >= 15 is 0 Å². The number of hydrogen-bond acceptors (Lipinski definition) is 3. The number of anilines is 1. The van der Waals surface area contributed by atoms with E-state index in [-0.39, 0.29) is 17.7 Å². The SMILES string of the molecule is C=C(C)[C@@H]1C[C@@H]2C(C)=C[C@H]1c1c(OC)cc(NC(C)=O)c(OC)c12. The first-order chi connectivity index (χ1) is 11.4. The van der Waals surface area contributed by atoms with Crippen LogP contribution in [-0.2, 0) is 4.79 Å². The van der Waals surface area contributed by atoms with Crippen molar-refractivity contribution < 1.29 is 14.3 Å². The summed E-state index contributed by atoms with van der Waals surface area (Å²) in [6.07, 6.45) is 3.37. The molecule has 0 saturated heterocycles. The molecule has 3 atom stereocenters. The van der Waals surface area contributed by atoms with E-state index in [9.17, 15) is 4.79 Å². The summed E-state index contributed by atoms with van der Waals surface area (Å²) >= 11 is 0. The maximum Gasteiger partial charge on any atom is 0.221 e. The molecule has 1 aromatic rings. The second-order valence-electron chi connectivity index (χ2n) is 6.85. The van der Waals surface area contributed by atoms with Crippen LogP contribution in [0.5, 0.6) is 11.5 Å². The summed E-state index contributed by atoms with van der Waals surface area (Å²) < 4.78 is 11.4. The zero-order valence-electron chi connectivity index (χ0n) is 15.0. The molecule has 4 nitrogen and oxygen atoms in total. The van der Waals surface area contributed by atoms with E-state index in [2.05, 4.69) is 31.8 Å². The predicted octanol–water partition coefficient (Wildman–Crippen LogP) is 4.39. The number of carbonyl (C=O) groups excluding carboxylic acids is 1. The van der Waals surface area contributed by atoms with Gasteiger partial charge in [0.05, 0.1) is 19.9 Å². The molecule has 0 aliphatic heterocycles. The number of methoxy groups -OCH3 is 2. The van der Waals surface area contributed by atoms with Crippen molar-refractivity contribution in [1.29, 1.82) is 0 Å². The highest BCUT2D eigenvalue weighted by atomic mass is 16.5. The molecule has 0 unspecified atom stereocenters. The number of benzene rings is 1. The van der Waals surface area contributed by atoms with Crippen LogP contribution >= 0.6 is 0 Å². The van der Waals surface area contributed by atoms with Gasteiger partial charge in [0.25, 0.3) is 0 Å². The third kappa shape index (κ3) is 2.41. The minimum atomic E-state index is -0.122. The van der Waals surface area contributed by atoms with Gasteiger partial charge in [0.2, 0.25) is 5.91 Å². The van der Waals surface area contributed by atoms with Gasteiger partial charge in [-0.05, 0) is 26.2 Å². The number of carbonyl (C=O) groups is 1. The number of fused-ring (bicyclic) bond motifs is 1. The average Bonchev–Trinajstić information content (AvgIpc) is 2.53. The molecule has 2 bridgehead atoms. The number of allylic oxidation sites excluding steroid dienone is 3. The van der Waals surface area contributed by atoms with Crippen molar-refractivity contribution in [3.63, 3.8) is 0 Å². The Bertz CT molecular complexity index is 748. The molecule has 24 heavy (non-hydrogen) atoms. The Morgan fingerprint density at radius 3 is 2.50 bits per heavy atom. The van der Waals surface area contributed by atoms with Crippen molar-refractivity contribution in [3.8, 4) is 11.5 Å². The van der Waals surface area contributed by atoms with E-state index in [0.29, 0.717) is 11.6 Å². The Hall–Kier alpha value is -2.23. The predicted molar refractivity (Wildman–Crippen MR) is 96.0 cm³/mol. The van der Waals surface area contributed by atoms with Crippen LogP contribution in [0.2, 0.25) is 0 Å². The molecule has 0 heterocycles. The zero-order valence-corrected chi connectivity index (χ0v) is 15.0. The van der Waals surface area contributed by atoms with E-state index in [1.165, 1.54) is 23.6 Å². The van der Waals surface area contributed by atoms with Crippen LogP contribution in [-0.4, -0.2) is 20.1 Å². The minimum absolute atomic E-state index is 0.122.